The van der Waals surface area contributed by atoms with Crippen LogP contribution in [0.25, 0.3) is 0 Å². The van der Waals surface area contributed by atoms with Gasteiger partial charge in [0.05, 0.1) is 16.7 Å². The Morgan fingerprint density at radius 2 is 1.82 bits per heavy atom. The van der Waals surface area contributed by atoms with Crippen LogP contribution in [0.3, 0.4) is 0 Å². The molecule has 0 saturated carbocycles. The molecule has 0 heterocycles. The van der Waals surface area contributed by atoms with E-state index in [1.165, 1.54) is 12.1 Å². The second kappa shape index (κ2) is 4.86. The Morgan fingerprint density at radius 1 is 1.12 bits per heavy atom. The number of halogens is 2. The van der Waals surface area contributed by atoms with Gasteiger partial charge in [-0.25, -0.2) is 4.39 Å². The molecule has 0 bridgehead atoms. The van der Waals surface area contributed by atoms with E-state index in [0.29, 0.717) is 11.3 Å². The smallest absolute Gasteiger partial charge is 0.184 e. The first-order valence-corrected chi connectivity index (χ1v) is 5.20. The number of benzene rings is 2. The van der Waals surface area contributed by atoms with Gasteiger partial charge in [0, 0.05) is 0 Å². The van der Waals surface area contributed by atoms with Crippen LogP contribution in [0.15, 0.2) is 42.5 Å². The van der Waals surface area contributed by atoms with Crippen molar-refractivity contribution < 1.29 is 9.13 Å². The summed E-state index contributed by atoms with van der Waals surface area (Å²) >= 11 is 5.63. The van der Waals surface area contributed by atoms with Crippen LogP contribution in [0.2, 0.25) is 5.02 Å². The van der Waals surface area contributed by atoms with Gasteiger partial charge in [-0.2, -0.15) is 5.26 Å². The van der Waals surface area contributed by atoms with Gasteiger partial charge in [0.25, 0.3) is 0 Å². The number of ether oxygens (including phenoxy) is 1. The van der Waals surface area contributed by atoms with Gasteiger partial charge in [-0.15, -0.1) is 0 Å². The van der Waals surface area contributed by atoms with E-state index in [1.54, 1.807) is 30.3 Å². The molecule has 0 unspecified atom stereocenters. The quantitative estimate of drug-likeness (QED) is 0.799. The Labute approximate surface area is 103 Å². The monoisotopic (exact) mass is 247 g/mol. The van der Waals surface area contributed by atoms with E-state index < -0.39 is 5.82 Å². The highest BCUT2D eigenvalue weighted by molar-refractivity contribution is 6.30. The van der Waals surface area contributed by atoms with Crippen molar-refractivity contribution in [1.82, 2.24) is 0 Å². The third-order valence-electron chi connectivity index (χ3n) is 2.13. The summed E-state index contributed by atoms with van der Waals surface area (Å²) in [7, 11) is 0. The predicted molar refractivity (Wildman–Crippen MR) is 62.6 cm³/mol. The zero-order valence-electron chi connectivity index (χ0n) is 8.65. The first kappa shape index (κ1) is 11.4. The summed E-state index contributed by atoms with van der Waals surface area (Å²) in [6.07, 6.45) is 0. The molecule has 17 heavy (non-hydrogen) atoms. The van der Waals surface area contributed by atoms with Gasteiger partial charge in [0.15, 0.2) is 11.6 Å². The highest BCUT2D eigenvalue weighted by Crippen LogP contribution is 2.28. The second-order valence-corrected chi connectivity index (χ2v) is 3.70. The molecule has 2 nitrogen and oxygen atoms in total. The summed E-state index contributed by atoms with van der Waals surface area (Å²) in [6.45, 7) is 0. The van der Waals surface area contributed by atoms with Crippen molar-refractivity contribution in [3.05, 3.63) is 58.9 Å². The molecule has 0 aliphatic heterocycles. The molecule has 0 spiro atoms. The Kier molecular flexibility index (Phi) is 3.27. The maximum atomic E-state index is 13.5. The average Bonchev–Trinajstić information content (AvgIpc) is 2.36. The van der Waals surface area contributed by atoms with Crippen LogP contribution in [0.1, 0.15) is 5.56 Å². The topological polar surface area (TPSA) is 33.0 Å². The molecule has 0 saturated heterocycles. The Morgan fingerprint density at radius 3 is 2.47 bits per heavy atom. The van der Waals surface area contributed by atoms with Crippen LogP contribution < -0.4 is 4.74 Å². The first-order valence-electron chi connectivity index (χ1n) is 4.83. The van der Waals surface area contributed by atoms with Gasteiger partial charge in [-0.1, -0.05) is 17.7 Å². The van der Waals surface area contributed by atoms with E-state index in [1.807, 2.05) is 6.07 Å². The molecule has 2 aromatic rings. The maximum Gasteiger partial charge on any atom is 0.184 e. The zero-order valence-corrected chi connectivity index (χ0v) is 9.41. The summed E-state index contributed by atoms with van der Waals surface area (Å²) in [5.74, 6) is -0.0918. The minimum atomic E-state index is -0.599. The number of nitrogens with zero attached hydrogens (tertiary/aromatic N) is 1. The minimum Gasteiger partial charge on any atom is -0.454 e. The normalized spacial score (nSPS) is 9.71. The SMILES string of the molecule is N#Cc1ccc(Oc2cccc(Cl)c2F)cc1. The van der Waals surface area contributed by atoms with Crippen molar-refractivity contribution in [3.8, 4) is 17.6 Å². The molecular formula is C13H7ClFNO. The van der Waals surface area contributed by atoms with Gasteiger partial charge in [0.2, 0.25) is 0 Å². The summed E-state index contributed by atoms with van der Waals surface area (Å²) in [5, 5.41) is 8.64. The number of rotatable bonds is 2. The van der Waals surface area contributed by atoms with E-state index in [-0.39, 0.29) is 10.8 Å². The lowest BCUT2D eigenvalue weighted by Gasteiger charge is -2.07. The van der Waals surface area contributed by atoms with Gasteiger partial charge < -0.3 is 4.74 Å². The van der Waals surface area contributed by atoms with Crippen molar-refractivity contribution in [2.75, 3.05) is 0 Å². The molecule has 0 N–H and O–H groups in total. The van der Waals surface area contributed by atoms with Crippen LogP contribution in [0, 0.1) is 17.1 Å². The van der Waals surface area contributed by atoms with Crippen LogP contribution in [0.4, 0.5) is 4.39 Å². The molecule has 0 aliphatic rings. The summed E-state index contributed by atoms with van der Waals surface area (Å²) < 4.78 is 18.8. The molecule has 4 heteroatoms. The Bertz CT molecular complexity index is 575. The lowest BCUT2D eigenvalue weighted by Crippen LogP contribution is -1.88. The minimum absolute atomic E-state index is 0.0103. The maximum absolute atomic E-state index is 13.5. The number of nitriles is 1. The van der Waals surface area contributed by atoms with Gasteiger partial charge >= 0.3 is 0 Å². The van der Waals surface area contributed by atoms with E-state index in [4.69, 9.17) is 21.6 Å². The molecular weight excluding hydrogens is 241 g/mol. The largest absolute Gasteiger partial charge is 0.454 e. The van der Waals surface area contributed by atoms with Crippen LogP contribution in [0.5, 0.6) is 11.5 Å². The molecule has 2 rings (SSSR count). The van der Waals surface area contributed by atoms with Crippen molar-refractivity contribution in [1.29, 1.82) is 5.26 Å². The Balaban J connectivity index is 2.26. The fourth-order valence-electron chi connectivity index (χ4n) is 1.29. The van der Waals surface area contributed by atoms with Crippen molar-refractivity contribution in [2.24, 2.45) is 0 Å². The van der Waals surface area contributed by atoms with Crippen LogP contribution in [-0.4, -0.2) is 0 Å². The number of hydrogen-bond acceptors (Lipinski definition) is 2. The van der Waals surface area contributed by atoms with Crippen LogP contribution in [-0.2, 0) is 0 Å². The van der Waals surface area contributed by atoms with Gasteiger partial charge in [0.1, 0.15) is 5.75 Å². The van der Waals surface area contributed by atoms with E-state index in [9.17, 15) is 4.39 Å². The number of hydrogen-bond donors (Lipinski definition) is 0. The standard InChI is InChI=1S/C13H7ClFNO/c14-11-2-1-3-12(13(11)15)17-10-6-4-9(8-16)5-7-10/h1-7H. The highest BCUT2D eigenvalue weighted by Gasteiger charge is 2.08. The van der Waals surface area contributed by atoms with E-state index >= 15 is 0 Å². The zero-order chi connectivity index (χ0) is 12.3. The molecule has 0 fully saturated rings. The third kappa shape index (κ3) is 2.55. The first-order chi connectivity index (χ1) is 8.20. The van der Waals surface area contributed by atoms with E-state index in [0.717, 1.165) is 0 Å². The fraction of sp³-hybridized carbons (Fsp3) is 0. The predicted octanol–water partition coefficient (Wildman–Crippen LogP) is 4.14. The van der Waals surface area contributed by atoms with Crippen LogP contribution >= 0.6 is 11.6 Å². The van der Waals surface area contributed by atoms with E-state index in [2.05, 4.69) is 0 Å². The molecule has 2 aromatic carbocycles. The third-order valence-corrected chi connectivity index (χ3v) is 2.42. The summed E-state index contributed by atoms with van der Waals surface area (Å²) in [6, 6.07) is 12.9. The van der Waals surface area contributed by atoms with Crippen molar-refractivity contribution in [2.45, 2.75) is 0 Å². The molecule has 0 aromatic heterocycles. The fourth-order valence-corrected chi connectivity index (χ4v) is 1.45. The molecule has 0 atom stereocenters. The molecule has 84 valence electrons. The van der Waals surface area contributed by atoms with Gasteiger partial charge in [-0.05, 0) is 36.4 Å². The summed E-state index contributed by atoms with van der Waals surface area (Å²) in [5.41, 5.74) is 0.518. The molecule has 0 amide bonds. The Hall–Kier alpha value is -2.05. The lowest BCUT2D eigenvalue weighted by atomic mass is 10.2. The van der Waals surface area contributed by atoms with Crippen molar-refractivity contribution in [3.63, 3.8) is 0 Å². The summed E-state index contributed by atoms with van der Waals surface area (Å²) in [4.78, 5) is 0. The molecule has 0 aliphatic carbocycles. The average molecular weight is 248 g/mol. The lowest BCUT2D eigenvalue weighted by molar-refractivity contribution is 0.442. The van der Waals surface area contributed by atoms with Gasteiger partial charge in [-0.3, -0.25) is 0 Å². The molecule has 0 radical (unpaired) electrons. The highest BCUT2D eigenvalue weighted by atomic mass is 35.5. The van der Waals surface area contributed by atoms with Crippen molar-refractivity contribution >= 4 is 11.6 Å². The second-order valence-electron chi connectivity index (χ2n) is 3.29.